The number of nitrogens with one attached hydrogen (secondary N) is 1. The molecule has 2 aliphatic rings. The molecule has 5 heteroatoms. The SMILES string of the molecule is Cc1ccccc1CC(=O)NC1CCN(CC(=O)N2CCCC2)CC1. The second-order valence-electron chi connectivity index (χ2n) is 7.31. The molecule has 25 heavy (non-hydrogen) atoms. The Balaban J connectivity index is 1.39. The molecule has 1 aromatic carbocycles. The minimum absolute atomic E-state index is 0.0980. The average Bonchev–Trinajstić information content (AvgIpc) is 3.13. The molecule has 136 valence electrons. The van der Waals surface area contributed by atoms with Gasteiger partial charge in [0.1, 0.15) is 0 Å². The van der Waals surface area contributed by atoms with Crippen LogP contribution in [0.5, 0.6) is 0 Å². The summed E-state index contributed by atoms with van der Waals surface area (Å²) in [4.78, 5) is 28.7. The monoisotopic (exact) mass is 343 g/mol. The van der Waals surface area contributed by atoms with Gasteiger partial charge in [-0.15, -0.1) is 0 Å². The van der Waals surface area contributed by atoms with Crippen molar-refractivity contribution in [1.29, 1.82) is 0 Å². The minimum Gasteiger partial charge on any atom is -0.353 e. The standard InChI is InChI=1S/C20H29N3O2/c1-16-6-2-3-7-17(16)14-19(24)21-18-8-12-22(13-9-18)15-20(25)23-10-4-5-11-23/h2-3,6-7,18H,4-5,8-15H2,1H3,(H,21,24). The lowest BCUT2D eigenvalue weighted by Crippen LogP contribution is -2.48. The van der Waals surface area contributed by atoms with Crippen LogP contribution in [-0.2, 0) is 16.0 Å². The van der Waals surface area contributed by atoms with Gasteiger partial charge in [-0.25, -0.2) is 0 Å². The number of amides is 2. The van der Waals surface area contributed by atoms with Crippen LogP contribution < -0.4 is 5.32 Å². The van der Waals surface area contributed by atoms with Gasteiger partial charge in [-0.3, -0.25) is 14.5 Å². The Morgan fingerprint density at radius 2 is 1.76 bits per heavy atom. The molecule has 2 heterocycles. The number of hydrogen-bond acceptors (Lipinski definition) is 3. The van der Waals surface area contributed by atoms with Crippen LogP contribution in [0.4, 0.5) is 0 Å². The highest BCUT2D eigenvalue weighted by Gasteiger charge is 2.25. The van der Waals surface area contributed by atoms with Crippen molar-refractivity contribution in [2.24, 2.45) is 0 Å². The van der Waals surface area contributed by atoms with Crippen LogP contribution in [0.1, 0.15) is 36.8 Å². The van der Waals surface area contributed by atoms with E-state index in [1.54, 1.807) is 0 Å². The number of carbonyl (C=O) groups excluding carboxylic acids is 2. The van der Waals surface area contributed by atoms with E-state index in [0.717, 1.165) is 63.0 Å². The molecule has 2 aliphatic heterocycles. The van der Waals surface area contributed by atoms with E-state index < -0.39 is 0 Å². The number of hydrogen-bond donors (Lipinski definition) is 1. The summed E-state index contributed by atoms with van der Waals surface area (Å²) in [6.45, 7) is 6.18. The highest BCUT2D eigenvalue weighted by Crippen LogP contribution is 2.14. The molecule has 1 aromatic rings. The Morgan fingerprint density at radius 1 is 1.08 bits per heavy atom. The fourth-order valence-corrected chi connectivity index (χ4v) is 3.75. The Kier molecular flexibility index (Phi) is 6.08. The molecule has 5 nitrogen and oxygen atoms in total. The third-order valence-electron chi connectivity index (χ3n) is 5.38. The predicted octanol–water partition coefficient (Wildman–Crippen LogP) is 1.74. The van der Waals surface area contributed by atoms with Gasteiger partial charge >= 0.3 is 0 Å². The minimum atomic E-state index is 0.0980. The first-order valence-electron chi connectivity index (χ1n) is 9.46. The van der Waals surface area contributed by atoms with Gasteiger partial charge in [0, 0.05) is 32.2 Å². The van der Waals surface area contributed by atoms with Crippen molar-refractivity contribution in [2.45, 2.75) is 45.1 Å². The van der Waals surface area contributed by atoms with Gasteiger partial charge in [-0.2, -0.15) is 0 Å². The van der Waals surface area contributed by atoms with E-state index >= 15 is 0 Å². The number of benzene rings is 1. The van der Waals surface area contributed by atoms with Crippen LogP contribution >= 0.6 is 0 Å². The summed E-state index contributed by atoms with van der Waals surface area (Å²) < 4.78 is 0. The molecule has 2 saturated heterocycles. The van der Waals surface area contributed by atoms with Crippen molar-refractivity contribution in [3.8, 4) is 0 Å². The Hall–Kier alpha value is -1.88. The lowest BCUT2D eigenvalue weighted by Gasteiger charge is -2.32. The molecule has 1 N–H and O–H groups in total. The van der Waals surface area contributed by atoms with Crippen LogP contribution in [0, 0.1) is 6.92 Å². The summed E-state index contributed by atoms with van der Waals surface area (Å²) in [5.41, 5.74) is 2.25. The molecular formula is C20H29N3O2. The summed E-state index contributed by atoms with van der Waals surface area (Å²) in [6, 6.07) is 8.26. The maximum Gasteiger partial charge on any atom is 0.236 e. The van der Waals surface area contributed by atoms with E-state index in [1.807, 2.05) is 36.1 Å². The number of rotatable bonds is 5. The van der Waals surface area contributed by atoms with E-state index in [4.69, 9.17) is 0 Å². The first kappa shape index (κ1) is 17.9. The van der Waals surface area contributed by atoms with Crippen molar-refractivity contribution in [2.75, 3.05) is 32.7 Å². The Bertz CT molecular complexity index is 603. The van der Waals surface area contributed by atoms with Gasteiger partial charge in [0.25, 0.3) is 0 Å². The molecule has 0 radical (unpaired) electrons. The summed E-state index contributed by atoms with van der Waals surface area (Å²) in [7, 11) is 0. The fraction of sp³-hybridized carbons (Fsp3) is 0.600. The molecule has 0 aliphatic carbocycles. The lowest BCUT2D eigenvalue weighted by atomic mass is 10.0. The van der Waals surface area contributed by atoms with Crippen molar-refractivity contribution in [3.05, 3.63) is 35.4 Å². The molecule has 0 saturated carbocycles. The van der Waals surface area contributed by atoms with Gasteiger partial charge in [0.2, 0.25) is 11.8 Å². The van der Waals surface area contributed by atoms with Crippen molar-refractivity contribution >= 4 is 11.8 Å². The molecular weight excluding hydrogens is 314 g/mol. The number of carbonyl (C=O) groups is 2. The number of aryl methyl sites for hydroxylation is 1. The molecule has 2 amide bonds. The molecule has 0 bridgehead atoms. The quantitative estimate of drug-likeness (QED) is 0.886. The molecule has 0 aromatic heterocycles. The number of nitrogens with zero attached hydrogens (tertiary/aromatic N) is 2. The molecule has 0 unspecified atom stereocenters. The number of piperidine rings is 1. The molecule has 0 spiro atoms. The first-order chi connectivity index (χ1) is 12.1. The fourth-order valence-electron chi connectivity index (χ4n) is 3.75. The topological polar surface area (TPSA) is 52.7 Å². The third kappa shape index (κ3) is 5.05. The molecule has 0 atom stereocenters. The molecule has 3 rings (SSSR count). The largest absolute Gasteiger partial charge is 0.353 e. The van der Waals surface area contributed by atoms with E-state index in [1.165, 1.54) is 0 Å². The zero-order chi connectivity index (χ0) is 17.6. The van der Waals surface area contributed by atoms with Crippen LogP contribution in [0.15, 0.2) is 24.3 Å². The highest BCUT2D eigenvalue weighted by atomic mass is 16.2. The first-order valence-corrected chi connectivity index (χ1v) is 9.46. The van der Waals surface area contributed by atoms with Crippen LogP contribution in [0.2, 0.25) is 0 Å². The second kappa shape index (κ2) is 8.48. The van der Waals surface area contributed by atoms with Crippen LogP contribution in [0.25, 0.3) is 0 Å². The predicted molar refractivity (Wildman–Crippen MR) is 98.3 cm³/mol. The maximum atomic E-state index is 12.3. The smallest absolute Gasteiger partial charge is 0.236 e. The highest BCUT2D eigenvalue weighted by molar-refractivity contribution is 5.79. The average molecular weight is 343 g/mol. The van der Waals surface area contributed by atoms with Crippen molar-refractivity contribution in [3.63, 3.8) is 0 Å². The maximum absolute atomic E-state index is 12.3. The Labute approximate surface area is 150 Å². The van der Waals surface area contributed by atoms with Crippen LogP contribution in [-0.4, -0.2) is 60.4 Å². The normalized spacial score (nSPS) is 19.2. The van der Waals surface area contributed by atoms with Crippen molar-refractivity contribution in [1.82, 2.24) is 15.1 Å². The number of likely N-dealkylation sites (tertiary alicyclic amines) is 2. The van der Waals surface area contributed by atoms with Gasteiger partial charge in [-0.05, 0) is 43.7 Å². The van der Waals surface area contributed by atoms with E-state index in [0.29, 0.717) is 13.0 Å². The Morgan fingerprint density at radius 3 is 2.44 bits per heavy atom. The van der Waals surface area contributed by atoms with Crippen molar-refractivity contribution < 1.29 is 9.59 Å². The third-order valence-corrected chi connectivity index (χ3v) is 5.38. The summed E-state index contributed by atoms with van der Waals surface area (Å²) >= 11 is 0. The van der Waals surface area contributed by atoms with E-state index in [9.17, 15) is 9.59 Å². The summed E-state index contributed by atoms with van der Waals surface area (Å²) in [5, 5.41) is 3.16. The zero-order valence-corrected chi connectivity index (χ0v) is 15.2. The van der Waals surface area contributed by atoms with E-state index in [2.05, 4.69) is 10.2 Å². The van der Waals surface area contributed by atoms with Gasteiger partial charge in [-0.1, -0.05) is 24.3 Å². The zero-order valence-electron chi connectivity index (χ0n) is 15.2. The van der Waals surface area contributed by atoms with Gasteiger partial charge in [0.15, 0.2) is 0 Å². The summed E-state index contributed by atoms with van der Waals surface area (Å²) in [6.07, 6.45) is 4.57. The lowest BCUT2D eigenvalue weighted by molar-refractivity contribution is -0.132. The molecule has 2 fully saturated rings. The van der Waals surface area contributed by atoms with Gasteiger partial charge < -0.3 is 10.2 Å². The van der Waals surface area contributed by atoms with Gasteiger partial charge in [0.05, 0.1) is 13.0 Å². The van der Waals surface area contributed by atoms with Crippen LogP contribution in [0.3, 0.4) is 0 Å². The summed E-state index contributed by atoms with van der Waals surface area (Å²) in [5.74, 6) is 0.362. The second-order valence-corrected chi connectivity index (χ2v) is 7.31. The van der Waals surface area contributed by atoms with E-state index in [-0.39, 0.29) is 17.9 Å².